The van der Waals surface area contributed by atoms with Crippen molar-refractivity contribution < 1.29 is 18.8 Å². The highest BCUT2D eigenvalue weighted by Gasteiger charge is 2.26. The number of rotatable bonds is 7. The average Bonchev–Trinajstić information content (AvgIpc) is 3.04. The topological polar surface area (TPSA) is 84.7 Å². The number of nitro groups is 1. The molecule has 1 aromatic carbocycles. The quantitative estimate of drug-likeness (QED) is 0.594. The zero-order valence-corrected chi connectivity index (χ0v) is 14.2. The van der Waals surface area contributed by atoms with E-state index in [1.165, 1.54) is 6.07 Å². The molecule has 1 unspecified atom stereocenters. The Labute approximate surface area is 145 Å². The summed E-state index contributed by atoms with van der Waals surface area (Å²) in [6.45, 7) is 4.07. The number of amides is 1. The van der Waals surface area contributed by atoms with Gasteiger partial charge < -0.3 is 15.0 Å². The highest BCUT2D eigenvalue weighted by atomic mass is 35.5. The van der Waals surface area contributed by atoms with E-state index in [9.17, 15) is 19.3 Å². The fourth-order valence-electron chi connectivity index (χ4n) is 2.61. The van der Waals surface area contributed by atoms with Gasteiger partial charge in [-0.15, -0.1) is 12.4 Å². The monoisotopic (exact) mass is 361 g/mol. The summed E-state index contributed by atoms with van der Waals surface area (Å²) in [6.07, 6.45) is 1.74. The molecule has 1 aliphatic rings. The standard InChI is InChI=1S/C15H20FN3O4.ClH/c1-2-7-18(11-5-6-17-9-11)15(20)10-23-12-3-4-14(19(21)22)13(16)8-12;/h3-4,8,11,17H,2,5-7,9-10H2,1H3;1H. The summed E-state index contributed by atoms with van der Waals surface area (Å²) in [4.78, 5) is 23.9. The number of carbonyl (C=O) groups excluding carboxylic acids is 1. The molecule has 0 spiro atoms. The summed E-state index contributed by atoms with van der Waals surface area (Å²) >= 11 is 0. The highest BCUT2D eigenvalue weighted by Crippen LogP contribution is 2.22. The summed E-state index contributed by atoms with van der Waals surface area (Å²) in [5, 5.41) is 13.8. The van der Waals surface area contributed by atoms with E-state index >= 15 is 0 Å². The molecule has 1 atom stereocenters. The highest BCUT2D eigenvalue weighted by molar-refractivity contribution is 5.85. The van der Waals surface area contributed by atoms with Crippen molar-refractivity contribution in [2.24, 2.45) is 0 Å². The molecule has 1 fully saturated rings. The molecule has 1 N–H and O–H groups in total. The lowest BCUT2D eigenvalue weighted by atomic mass is 10.2. The van der Waals surface area contributed by atoms with Crippen LogP contribution in [0.25, 0.3) is 0 Å². The van der Waals surface area contributed by atoms with E-state index in [4.69, 9.17) is 4.74 Å². The van der Waals surface area contributed by atoms with Gasteiger partial charge in [-0.2, -0.15) is 4.39 Å². The van der Waals surface area contributed by atoms with Crippen LogP contribution in [0.15, 0.2) is 18.2 Å². The fourth-order valence-corrected chi connectivity index (χ4v) is 2.61. The molecule has 0 bridgehead atoms. The smallest absolute Gasteiger partial charge is 0.305 e. The van der Waals surface area contributed by atoms with Gasteiger partial charge in [0, 0.05) is 31.3 Å². The summed E-state index contributed by atoms with van der Waals surface area (Å²) < 4.78 is 18.8. The number of hydrogen-bond donors (Lipinski definition) is 1. The normalized spacial score (nSPS) is 16.3. The second-order valence-electron chi connectivity index (χ2n) is 5.39. The number of benzene rings is 1. The lowest BCUT2D eigenvalue weighted by molar-refractivity contribution is -0.387. The fraction of sp³-hybridized carbons (Fsp3) is 0.533. The Balaban J connectivity index is 0.00000288. The van der Waals surface area contributed by atoms with Crippen molar-refractivity contribution in [3.8, 4) is 5.75 Å². The van der Waals surface area contributed by atoms with Crippen molar-refractivity contribution in [1.29, 1.82) is 0 Å². The SMILES string of the molecule is CCCN(C(=O)COc1ccc([N+](=O)[O-])c(F)c1)C1CCNC1.Cl. The van der Waals surface area contributed by atoms with Crippen molar-refractivity contribution >= 4 is 24.0 Å². The maximum absolute atomic E-state index is 13.5. The molecule has 24 heavy (non-hydrogen) atoms. The van der Waals surface area contributed by atoms with Crippen LogP contribution in [0.5, 0.6) is 5.75 Å². The van der Waals surface area contributed by atoms with Gasteiger partial charge in [-0.1, -0.05) is 6.92 Å². The van der Waals surface area contributed by atoms with Crippen LogP contribution in [-0.2, 0) is 4.79 Å². The van der Waals surface area contributed by atoms with E-state index in [0.717, 1.165) is 38.1 Å². The summed E-state index contributed by atoms with van der Waals surface area (Å²) in [5.41, 5.74) is -0.617. The Morgan fingerprint density at radius 2 is 2.29 bits per heavy atom. The summed E-state index contributed by atoms with van der Waals surface area (Å²) in [5.74, 6) is -1.05. The molecule has 0 radical (unpaired) electrons. The van der Waals surface area contributed by atoms with Crippen molar-refractivity contribution in [1.82, 2.24) is 10.2 Å². The molecule has 0 aliphatic carbocycles. The molecule has 9 heteroatoms. The molecule has 2 rings (SSSR count). The van der Waals surface area contributed by atoms with Gasteiger partial charge in [0.05, 0.1) is 4.92 Å². The van der Waals surface area contributed by atoms with Gasteiger partial charge in [-0.05, 0) is 25.5 Å². The third-order valence-electron chi connectivity index (χ3n) is 3.74. The Hall–Kier alpha value is -1.93. The zero-order valence-electron chi connectivity index (χ0n) is 13.4. The first kappa shape index (κ1) is 20.1. The number of carbonyl (C=O) groups is 1. The molecule has 0 aromatic heterocycles. The molecule has 1 heterocycles. The van der Waals surface area contributed by atoms with Crippen LogP contribution < -0.4 is 10.1 Å². The van der Waals surface area contributed by atoms with Crippen LogP contribution in [0, 0.1) is 15.9 Å². The van der Waals surface area contributed by atoms with Crippen molar-refractivity contribution in [3.63, 3.8) is 0 Å². The van der Waals surface area contributed by atoms with Crippen LogP contribution >= 0.6 is 12.4 Å². The molecular formula is C15H21ClFN3O4. The van der Waals surface area contributed by atoms with Crippen LogP contribution in [0.2, 0.25) is 0 Å². The van der Waals surface area contributed by atoms with Gasteiger partial charge in [0.25, 0.3) is 5.91 Å². The predicted octanol–water partition coefficient (Wildman–Crippen LogP) is 2.14. The van der Waals surface area contributed by atoms with E-state index in [-0.39, 0.29) is 36.7 Å². The van der Waals surface area contributed by atoms with Gasteiger partial charge in [0.2, 0.25) is 5.82 Å². The number of nitrogens with one attached hydrogen (secondary N) is 1. The van der Waals surface area contributed by atoms with Crippen molar-refractivity contribution in [3.05, 3.63) is 34.1 Å². The Morgan fingerprint density at radius 1 is 1.54 bits per heavy atom. The molecule has 1 aliphatic heterocycles. The molecule has 7 nitrogen and oxygen atoms in total. The van der Waals surface area contributed by atoms with E-state index in [1.807, 2.05) is 6.92 Å². The maximum atomic E-state index is 13.5. The molecule has 1 amide bonds. The zero-order chi connectivity index (χ0) is 16.8. The van der Waals surface area contributed by atoms with Crippen LogP contribution in [0.3, 0.4) is 0 Å². The van der Waals surface area contributed by atoms with Crippen molar-refractivity contribution in [2.75, 3.05) is 26.2 Å². The van der Waals surface area contributed by atoms with E-state index in [1.54, 1.807) is 4.90 Å². The number of nitrogens with zero attached hydrogens (tertiary/aromatic N) is 2. The Kier molecular flexibility index (Phi) is 7.87. The predicted molar refractivity (Wildman–Crippen MR) is 89.1 cm³/mol. The number of halogens is 2. The number of hydrogen-bond acceptors (Lipinski definition) is 5. The lowest BCUT2D eigenvalue weighted by Crippen LogP contribution is -2.44. The van der Waals surface area contributed by atoms with Gasteiger partial charge in [0.15, 0.2) is 6.61 Å². The molecule has 134 valence electrons. The number of nitro benzene ring substituents is 1. The Bertz CT molecular complexity index is 582. The summed E-state index contributed by atoms with van der Waals surface area (Å²) in [6, 6.07) is 3.39. The second kappa shape index (κ2) is 9.39. The minimum absolute atomic E-state index is 0. The Morgan fingerprint density at radius 3 is 2.83 bits per heavy atom. The first-order valence-corrected chi connectivity index (χ1v) is 7.59. The maximum Gasteiger partial charge on any atom is 0.305 e. The molecule has 1 aromatic rings. The molecular weight excluding hydrogens is 341 g/mol. The van der Waals surface area contributed by atoms with Gasteiger partial charge >= 0.3 is 5.69 Å². The molecule has 1 saturated heterocycles. The minimum Gasteiger partial charge on any atom is -0.484 e. The van der Waals surface area contributed by atoms with E-state index in [2.05, 4.69) is 5.32 Å². The van der Waals surface area contributed by atoms with E-state index < -0.39 is 16.4 Å². The largest absolute Gasteiger partial charge is 0.484 e. The second-order valence-corrected chi connectivity index (χ2v) is 5.39. The third kappa shape index (κ3) is 5.04. The lowest BCUT2D eigenvalue weighted by Gasteiger charge is -2.28. The van der Waals surface area contributed by atoms with E-state index in [0.29, 0.717) is 6.54 Å². The van der Waals surface area contributed by atoms with Crippen LogP contribution in [0.1, 0.15) is 19.8 Å². The van der Waals surface area contributed by atoms with Gasteiger partial charge in [-0.3, -0.25) is 14.9 Å². The van der Waals surface area contributed by atoms with Crippen molar-refractivity contribution in [2.45, 2.75) is 25.8 Å². The minimum atomic E-state index is -0.981. The van der Waals surface area contributed by atoms with Crippen LogP contribution in [-0.4, -0.2) is 48.0 Å². The third-order valence-corrected chi connectivity index (χ3v) is 3.74. The first-order valence-electron chi connectivity index (χ1n) is 7.59. The first-order chi connectivity index (χ1) is 11.0. The molecule has 0 saturated carbocycles. The van der Waals surface area contributed by atoms with Gasteiger partial charge in [0.1, 0.15) is 5.75 Å². The summed E-state index contributed by atoms with van der Waals surface area (Å²) in [7, 11) is 0. The average molecular weight is 362 g/mol. The number of ether oxygens (including phenoxy) is 1. The van der Waals surface area contributed by atoms with Gasteiger partial charge in [-0.25, -0.2) is 0 Å². The van der Waals surface area contributed by atoms with Crippen LogP contribution in [0.4, 0.5) is 10.1 Å².